The predicted molar refractivity (Wildman–Crippen MR) is 110 cm³/mol. The zero-order valence-corrected chi connectivity index (χ0v) is 17.1. The van der Waals surface area contributed by atoms with Crippen LogP contribution in [0.15, 0.2) is 48.0 Å². The van der Waals surface area contributed by atoms with Gasteiger partial charge in [-0.1, -0.05) is 29.8 Å². The van der Waals surface area contributed by atoms with Crippen molar-refractivity contribution < 1.29 is 24.2 Å². The molecule has 0 spiro atoms. The van der Waals surface area contributed by atoms with Crippen LogP contribution in [0.5, 0.6) is 5.75 Å². The van der Waals surface area contributed by atoms with Gasteiger partial charge in [-0.2, -0.15) is 0 Å². The molecule has 3 rings (SSSR count). The van der Waals surface area contributed by atoms with Crippen LogP contribution in [-0.2, 0) is 14.3 Å². The third kappa shape index (κ3) is 3.89. The van der Waals surface area contributed by atoms with Gasteiger partial charge in [0.2, 0.25) is 0 Å². The van der Waals surface area contributed by atoms with Gasteiger partial charge in [-0.05, 0) is 43.2 Å². The number of hydrogen-bond donors (Lipinski definition) is 1. The molecule has 2 aromatic rings. The van der Waals surface area contributed by atoms with Crippen LogP contribution in [0, 0.1) is 13.8 Å². The smallest absolute Gasteiger partial charge is 0.295 e. The van der Waals surface area contributed by atoms with Gasteiger partial charge in [0.1, 0.15) is 11.5 Å². The highest BCUT2D eigenvalue weighted by Crippen LogP contribution is 2.40. The van der Waals surface area contributed by atoms with Gasteiger partial charge in [0, 0.05) is 19.2 Å². The number of methoxy groups -OCH3 is 2. The van der Waals surface area contributed by atoms with Crippen molar-refractivity contribution in [1.82, 2.24) is 4.90 Å². The summed E-state index contributed by atoms with van der Waals surface area (Å²) in [6.07, 6.45) is 0. The molecule has 1 fully saturated rings. The fourth-order valence-corrected chi connectivity index (χ4v) is 3.57. The Morgan fingerprint density at radius 1 is 1.07 bits per heavy atom. The van der Waals surface area contributed by atoms with Crippen molar-refractivity contribution in [1.29, 1.82) is 0 Å². The Bertz CT molecular complexity index is 962. The van der Waals surface area contributed by atoms with E-state index < -0.39 is 17.7 Å². The summed E-state index contributed by atoms with van der Waals surface area (Å²) in [5.41, 5.74) is 3.15. The molecule has 29 heavy (non-hydrogen) atoms. The Morgan fingerprint density at radius 2 is 1.76 bits per heavy atom. The van der Waals surface area contributed by atoms with Gasteiger partial charge in [-0.25, -0.2) is 0 Å². The van der Waals surface area contributed by atoms with Crippen LogP contribution in [0.3, 0.4) is 0 Å². The molecule has 0 radical (unpaired) electrons. The highest BCUT2D eigenvalue weighted by molar-refractivity contribution is 6.46. The van der Waals surface area contributed by atoms with Crippen molar-refractivity contribution >= 4 is 17.4 Å². The second kappa shape index (κ2) is 8.49. The Kier molecular flexibility index (Phi) is 6.03. The average molecular weight is 395 g/mol. The van der Waals surface area contributed by atoms with Gasteiger partial charge in [-0.3, -0.25) is 9.59 Å². The molecular weight excluding hydrogens is 370 g/mol. The Hall–Kier alpha value is -3.12. The second-order valence-corrected chi connectivity index (χ2v) is 7.08. The number of aliphatic hydroxyl groups is 1. The van der Waals surface area contributed by atoms with Crippen molar-refractivity contribution in [3.05, 3.63) is 70.3 Å². The van der Waals surface area contributed by atoms with Crippen molar-refractivity contribution in [3.8, 4) is 5.75 Å². The van der Waals surface area contributed by atoms with Gasteiger partial charge >= 0.3 is 0 Å². The topological polar surface area (TPSA) is 76.1 Å². The van der Waals surface area contributed by atoms with Gasteiger partial charge in [-0.15, -0.1) is 0 Å². The molecule has 1 aliphatic heterocycles. The maximum atomic E-state index is 12.9. The first kappa shape index (κ1) is 20.6. The van der Waals surface area contributed by atoms with Crippen LogP contribution < -0.4 is 4.74 Å². The zero-order valence-electron chi connectivity index (χ0n) is 17.1. The van der Waals surface area contributed by atoms with Crippen LogP contribution >= 0.6 is 0 Å². The summed E-state index contributed by atoms with van der Waals surface area (Å²) in [5.74, 6) is -0.872. The lowest BCUT2D eigenvalue weighted by molar-refractivity contribution is -0.140. The number of Topliss-reactive ketones (excluding diaryl/α,β-unsaturated/α-hetero) is 1. The van der Waals surface area contributed by atoms with E-state index in [0.29, 0.717) is 11.3 Å². The normalized spacial score (nSPS) is 18.3. The summed E-state index contributed by atoms with van der Waals surface area (Å²) in [6.45, 7) is 4.32. The Morgan fingerprint density at radius 3 is 2.34 bits per heavy atom. The standard InChI is InChI=1S/C23H25NO5/c1-14-5-7-16(8-6-14)20-19(22(26)23(27)24(20)11-12-28-3)21(25)18-10-9-17(29-4)13-15(18)2/h5-10,13,20,25H,11-12H2,1-4H3/b21-19+. The number of carbonyl (C=O) groups is 2. The van der Waals surface area contributed by atoms with Gasteiger partial charge in [0.15, 0.2) is 0 Å². The highest BCUT2D eigenvalue weighted by atomic mass is 16.5. The Labute approximate surface area is 170 Å². The summed E-state index contributed by atoms with van der Waals surface area (Å²) in [4.78, 5) is 27.1. The number of amides is 1. The minimum atomic E-state index is -0.695. The number of aryl methyl sites for hydroxylation is 2. The van der Waals surface area contributed by atoms with E-state index in [1.54, 1.807) is 25.3 Å². The highest BCUT2D eigenvalue weighted by Gasteiger charge is 2.45. The molecule has 6 nitrogen and oxygen atoms in total. The lowest BCUT2D eigenvalue weighted by Crippen LogP contribution is -2.32. The van der Waals surface area contributed by atoms with Gasteiger partial charge < -0.3 is 19.5 Å². The van der Waals surface area contributed by atoms with E-state index >= 15 is 0 Å². The molecule has 0 aromatic heterocycles. The number of rotatable bonds is 6. The monoisotopic (exact) mass is 395 g/mol. The number of likely N-dealkylation sites (tertiary alicyclic amines) is 1. The van der Waals surface area contributed by atoms with Crippen molar-refractivity contribution in [2.24, 2.45) is 0 Å². The summed E-state index contributed by atoms with van der Waals surface area (Å²) < 4.78 is 10.3. The molecule has 0 saturated carbocycles. The minimum absolute atomic E-state index is 0.0863. The molecule has 1 atom stereocenters. The molecule has 1 N–H and O–H groups in total. The van der Waals surface area contributed by atoms with Crippen LogP contribution in [0.1, 0.15) is 28.3 Å². The van der Waals surface area contributed by atoms with Crippen LogP contribution in [0.4, 0.5) is 0 Å². The van der Waals surface area contributed by atoms with Gasteiger partial charge in [0.25, 0.3) is 11.7 Å². The number of benzene rings is 2. The first-order chi connectivity index (χ1) is 13.9. The zero-order chi connectivity index (χ0) is 21.1. The third-order valence-corrected chi connectivity index (χ3v) is 5.16. The fraction of sp³-hybridized carbons (Fsp3) is 0.304. The lowest BCUT2D eigenvalue weighted by Gasteiger charge is -2.25. The Balaban J connectivity index is 2.17. The maximum absolute atomic E-state index is 12.9. The molecule has 0 aliphatic carbocycles. The number of aliphatic hydroxyl groups excluding tert-OH is 1. The molecule has 1 saturated heterocycles. The van der Waals surface area contributed by atoms with E-state index in [9.17, 15) is 14.7 Å². The molecule has 1 aliphatic rings. The van der Waals surface area contributed by atoms with Crippen LogP contribution in [-0.4, -0.2) is 49.1 Å². The van der Waals surface area contributed by atoms with Gasteiger partial charge in [0.05, 0.1) is 25.3 Å². The van der Waals surface area contributed by atoms with Crippen LogP contribution in [0.25, 0.3) is 5.76 Å². The summed E-state index contributed by atoms with van der Waals surface area (Å²) in [7, 11) is 3.10. The molecule has 0 bridgehead atoms. The molecule has 1 amide bonds. The number of ether oxygens (including phenoxy) is 2. The quantitative estimate of drug-likeness (QED) is 0.461. The van der Waals surface area contributed by atoms with Crippen molar-refractivity contribution in [2.75, 3.05) is 27.4 Å². The molecule has 6 heteroatoms. The van der Waals surface area contributed by atoms with E-state index in [-0.39, 0.29) is 24.5 Å². The third-order valence-electron chi connectivity index (χ3n) is 5.16. The van der Waals surface area contributed by atoms with E-state index in [0.717, 1.165) is 16.7 Å². The number of carbonyl (C=O) groups excluding carboxylic acids is 2. The number of hydrogen-bond acceptors (Lipinski definition) is 5. The predicted octanol–water partition coefficient (Wildman–Crippen LogP) is 3.38. The molecule has 1 heterocycles. The molecule has 152 valence electrons. The second-order valence-electron chi connectivity index (χ2n) is 7.08. The minimum Gasteiger partial charge on any atom is -0.507 e. The van der Waals surface area contributed by atoms with Crippen molar-refractivity contribution in [2.45, 2.75) is 19.9 Å². The largest absolute Gasteiger partial charge is 0.507 e. The summed E-state index contributed by atoms with van der Waals surface area (Å²) in [6, 6.07) is 12.1. The van der Waals surface area contributed by atoms with E-state index in [1.165, 1.54) is 12.0 Å². The van der Waals surface area contributed by atoms with E-state index in [2.05, 4.69) is 0 Å². The summed E-state index contributed by atoms with van der Waals surface area (Å²) in [5, 5.41) is 11.1. The lowest BCUT2D eigenvalue weighted by atomic mass is 9.93. The van der Waals surface area contributed by atoms with Crippen LogP contribution in [0.2, 0.25) is 0 Å². The summed E-state index contributed by atoms with van der Waals surface area (Å²) >= 11 is 0. The molecule has 1 unspecified atom stereocenters. The molecular formula is C23H25NO5. The maximum Gasteiger partial charge on any atom is 0.295 e. The SMILES string of the molecule is COCCN1C(=O)C(=O)/C(=C(/O)c2ccc(OC)cc2C)C1c1ccc(C)cc1. The first-order valence-electron chi connectivity index (χ1n) is 9.38. The fourth-order valence-electron chi connectivity index (χ4n) is 3.57. The number of nitrogens with zero attached hydrogens (tertiary/aromatic N) is 1. The van der Waals surface area contributed by atoms with E-state index in [4.69, 9.17) is 9.47 Å². The van der Waals surface area contributed by atoms with Crippen molar-refractivity contribution in [3.63, 3.8) is 0 Å². The first-order valence-corrected chi connectivity index (χ1v) is 9.38. The number of ketones is 1. The molecule has 2 aromatic carbocycles. The average Bonchev–Trinajstić information content (AvgIpc) is 2.96. The van der Waals surface area contributed by atoms with E-state index in [1.807, 2.05) is 38.1 Å².